The normalized spacial score (nSPS) is 13.0. The van der Waals surface area contributed by atoms with Crippen molar-refractivity contribution in [2.24, 2.45) is 0 Å². The Balaban J connectivity index is 2.16. The zero-order valence-corrected chi connectivity index (χ0v) is 10.8. The largest absolute Gasteiger partial charge is 0.315 e. The molecule has 1 atom stereocenters. The molecule has 0 aliphatic rings. The Morgan fingerprint density at radius 1 is 1.47 bits per heavy atom. The highest BCUT2D eigenvalue weighted by molar-refractivity contribution is 7.10. The van der Waals surface area contributed by atoms with Crippen LogP contribution in [0.2, 0.25) is 0 Å². The quantitative estimate of drug-likeness (QED) is 0.698. The Bertz CT molecular complexity index is 270. The second-order valence-electron chi connectivity index (χ2n) is 4.01. The van der Waals surface area contributed by atoms with Crippen LogP contribution in [0.5, 0.6) is 0 Å². The molecule has 0 fully saturated rings. The summed E-state index contributed by atoms with van der Waals surface area (Å²) >= 11 is 1.84. The maximum atomic E-state index is 3.53. The van der Waals surface area contributed by atoms with Gasteiger partial charge in [-0.05, 0) is 43.8 Å². The maximum absolute atomic E-state index is 3.53. The van der Waals surface area contributed by atoms with Gasteiger partial charge in [0.25, 0.3) is 0 Å². The highest BCUT2D eigenvalue weighted by Gasteiger charge is 2.03. The fraction of sp³-hybridized carbons (Fsp3) is 0.667. The minimum atomic E-state index is 0.540. The van der Waals surface area contributed by atoms with Crippen LogP contribution in [-0.4, -0.2) is 19.1 Å². The number of nitrogens with one attached hydrogen (secondary N) is 2. The van der Waals surface area contributed by atoms with E-state index in [9.17, 15) is 0 Å². The molecule has 1 rings (SSSR count). The highest BCUT2D eigenvalue weighted by Crippen LogP contribution is 2.14. The summed E-state index contributed by atoms with van der Waals surface area (Å²) in [6.45, 7) is 9.76. The molecule has 1 aromatic rings. The van der Waals surface area contributed by atoms with Gasteiger partial charge in [-0.3, -0.25) is 0 Å². The van der Waals surface area contributed by atoms with Gasteiger partial charge in [0.1, 0.15) is 0 Å². The molecule has 1 unspecified atom stereocenters. The van der Waals surface area contributed by atoms with Crippen molar-refractivity contribution in [2.75, 3.05) is 13.1 Å². The average molecular weight is 226 g/mol. The second kappa shape index (κ2) is 6.99. The molecule has 1 heterocycles. The van der Waals surface area contributed by atoms with Crippen LogP contribution in [0, 0.1) is 6.92 Å². The fourth-order valence-electron chi connectivity index (χ4n) is 1.42. The van der Waals surface area contributed by atoms with Crippen LogP contribution >= 0.6 is 11.3 Å². The lowest BCUT2D eigenvalue weighted by molar-refractivity contribution is 0.503. The van der Waals surface area contributed by atoms with Crippen molar-refractivity contribution in [2.45, 2.75) is 39.8 Å². The molecule has 15 heavy (non-hydrogen) atoms. The van der Waals surface area contributed by atoms with E-state index in [0.29, 0.717) is 6.04 Å². The van der Waals surface area contributed by atoms with E-state index in [2.05, 4.69) is 42.9 Å². The van der Waals surface area contributed by atoms with Crippen LogP contribution in [0.3, 0.4) is 0 Å². The van der Waals surface area contributed by atoms with E-state index in [4.69, 9.17) is 0 Å². The lowest BCUT2D eigenvalue weighted by Gasteiger charge is -2.14. The van der Waals surface area contributed by atoms with Crippen LogP contribution in [-0.2, 0) is 6.54 Å². The molecule has 86 valence electrons. The number of hydrogen-bond acceptors (Lipinski definition) is 3. The van der Waals surface area contributed by atoms with E-state index in [1.807, 2.05) is 11.3 Å². The van der Waals surface area contributed by atoms with Gasteiger partial charge in [0, 0.05) is 24.0 Å². The molecule has 3 heteroatoms. The zero-order valence-electron chi connectivity index (χ0n) is 9.97. The van der Waals surface area contributed by atoms with Gasteiger partial charge in [-0.15, -0.1) is 11.3 Å². The molecule has 0 aliphatic heterocycles. The van der Waals surface area contributed by atoms with E-state index in [-0.39, 0.29) is 0 Å². The van der Waals surface area contributed by atoms with E-state index < -0.39 is 0 Å². The lowest BCUT2D eigenvalue weighted by atomic mass is 10.2. The first-order valence-electron chi connectivity index (χ1n) is 5.71. The van der Waals surface area contributed by atoms with Gasteiger partial charge in [0.05, 0.1) is 0 Å². The summed E-state index contributed by atoms with van der Waals surface area (Å²) in [4.78, 5) is 1.46. The molecular weight excluding hydrogens is 204 g/mol. The van der Waals surface area contributed by atoms with Gasteiger partial charge in [0.2, 0.25) is 0 Å². The summed E-state index contributed by atoms with van der Waals surface area (Å²) in [7, 11) is 0. The molecule has 0 saturated carbocycles. The van der Waals surface area contributed by atoms with Crippen molar-refractivity contribution in [1.82, 2.24) is 10.6 Å². The molecule has 0 aromatic carbocycles. The van der Waals surface area contributed by atoms with Crippen LogP contribution in [0.25, 0.3) is 0 Å². The smallest absolute Gasteiger partial charge is 0.0305 e. The molecule has 1 aromatic heterocycles. The van der Waals surface area contributed by atoms with Crippen LogP contribution < -0.4 is 10.6 Å². The van der Waals surface area contributed by atoms with Crippen molar-refractivity contribution in [3.63, 3.8) is 0 Å². The summed E-state index contributed by atoms with van der Waals surface area (Å²) in [5, 5.41) is 9.11. The monoisotopic (exact) mass is 226 g/mol. The SMILES string of the molecule is CCCNCC(C)NCc1sccc1C. The molecule has 0 spiro atoms. The first-order valence-corrected chi connectivity index (χ1v) is 6.59. The second-order valence-corrected chi connectivity index (χ2v) is 5.01. The Morgan fingerprint density at radius 2 is 2.27 bits per heavy atom. The van der Waals surface area contributed by atoms with Crippen molar-refractivity contribution >= 4 is 11.3 Å². The third-order valence-corrected chi connectivity index (χ3v) is 3.48. The predicted molar refractivity (Wildman–Crippen MR) is 68.5 cm³/mol. The minimum absolute atomic E-state index is 0.540. The topological polar surface area (TPSA) is 24.1 Å². The number of hydrogen-bond donors (Lipinski definition) is 2. The third kappa shape index (κ3) is 4.78. The molecule has 2 N–H and O–H groups in total. The molecule has 0 aliphatic carbocycles. The lowest BCUT2D eigenvalue weighted by Crippen LogP contribution is -2.36. The minimum Gasteiger partial charge on any atom is -0.315 e. The van der Waals surface area contributed by atoms with E-state index in [1.54, 1.807) is 0 Å². The van der Waals surface area contributed by atoms with Crippen molar-refractivity contribution in [1.29, 1.82) is 0 Å². The standard InChI is InChI=1S/C12H22N2S/c1-4-6-13-8-11(3)14-9-12-10(2)5-7-15-12/h5,7,11,13-14H,4,6,8-9H2,1-3H3. The molecule has 0 amide bonds. The number of aryl methyl sites for hydroxylation is 1. The van der Waals surface area contributed by atoms with Gasteiger partial charge in [-0.25, -0.2) is 0 Å². The summed E-state index contributed by atoms with van der Waals surface area (Å²) in [6, 6.07) is 2.72. The zero-order chi connectivity index (χ0) is 11.1. The van der Waals surface area contributed by atoms with Gasteiger partial charge in [0.15, 0.2) is 0 Å². The summed E-state index contributed by atoms with van der Waals surface area (Å²) in [5.41, 5.74) is 1.40. The van der Waals surface area contributed by atoms with E-state index >= 15 is 0 Å². The van der Waals surface area contributed by atoms with Gasteiger partial charge >= 0.3 is 0 Å². The average Bonchev–Trinajstić information content (AvgIpc) is 2.61. The van der Waals surface area contributed by atoms with Crippen LogP contribution in [0.1, 0.15) is 30.7 Å². The van der Waals surface area contributed by atoms with E-state index in [1.165, 1.54) is 16.9 Å². The number of rotatable bonds is 7. The van der Waals surface area contributed by atoms with E-state index in [0.717, 1.165) is 19.6 Å². The fourth-order valence-corrected chi connectivity index (χ4v) is 2.28. The molecule has 0 radical (unpaired) electrons. The summed E-state index contributed by atoms with van der Waals surface area (Å²) in [6.07, 6.45) is 1.21. The van der Waals surface area contributed by atoms with Gasteiger partial charge < -0.3 is 10.6 Å². The summed E-state index contributed by atoms with van der Waals surface area (Å²) in [5.74, 6) is 0. The number of thiophene rings is 1. The van der Waals surface area contributed by atoms with Crippen LogP contribution in [0.4, 0.5) is 0 Å². The molecule has 0 bridgehead atoms. The van der Waals surface area contributed by atoms with Crippen molar-refractivity contribution in [3.05, 3.63) is 21.9 Å². The van der Waals surface area contributed by atoms with Crippen molar-refractivity contribution < 1.29 is 0 Å². The van der Waals surface area contributed by atoms with Gasteiger partial charge in [-0.2, -0.15) is 0 Å². The molecule has 0 saturated heterocycles. The third-order valence-electron chi connectivity index (χ3n) is 2.46. The Hall–Kier alpha value is -0.380. The first-order chi connectivity index (χ1) is 7.24. The highest BCUT2D eigenvalue weighted by atomic mass is 32.1. The molecular formula is C12H22N2S. The van der Waals surface area contributed by atoms with Crippen LogP contribution in [0.15, 0.2) is 11.4 Å². The Morgan fingerprint density at radius 3 is 2.87 bits per heavy atom. The van der Waals surface area contributed by atoms with Crippen molar-refractivity contribution in [3.8, 4) is 0 Å². The maximum Gasteiger partial charge on any atom is 0.0305 e. The predicted octanol–water partition coefficient (Wildman–Crippen LogP) is 2.53. The summed E-state index contributed by atoms with van der Waals surface area (Å²) < 4.78 is 0. The Labute approximate surface area is 97.1 Å². The van der Waals surface area contributed by atoms with Gasteiger partial charge in [-0.1, -0.05) is 6.92 Å². The molecule has 2 nitrogen and oxygen atoms in total. The Kier molecular flexibility index (Phi) is 5.91. The first kappa shape index (κ1) is 12.7.